The Kier molecular flexibility index (Phi) is 6.86. The Morgan fingerprint density at radius 3 is 2.53 bits per heavy atom. The average molecular weight is 445 g/mol. The summed E-state index contributed by atoms with van der Waals surface area (Å²) in [7, 11) is 0. The molecule has 2 aromatic rings. The summed E-state index contributed by atoms with van der Waals surface area (Å²) in [5.74, 6) is 0.945. The number of hydrogen-bond acceptors (Lipinski definition) is 7. The SMILES string of the molecule is CCc1c(Cc2ccc3c(c2)CCCO3)cccc1[C@@H]1OC(CO)(CO)[C@@H](O)[C@H](O)[C@H]1O. The molecule has 0 saturated carbocycles. The lowest BCUT2D eigenvalue weighted by molar-refractivity contribution is -0.289. The summed E-state index contributed by atoms with van der Waals surface area (Å²) in [5, 5.41) is 51.1. The van der Waals surface area contributed by atoms with Crippen LogP contribution in [0, 0.1) is 0 Å². The van der Waals surface area contributed by atoms with E-state index in [-0.39, 0.29) is 0 Å². The minimum atomic E-state index is -1.76. The third kappa shape index (κ3) is 4.05. The molecule has 2 aliphatic heterocycles. The van der Waals surface area contributed by atoms with Gasteiger partial charge in [-0.3, -0.25) is 0 Å². The van der Waals surface area contributed by atoms with Crippen molar-refractivity contribution in [1.82, 2.24) is 0 Å². The van der Waals surface area contributed by atoms with E-state index < -0.39 is 43.2 Å². The maximum atomic E-state index is 10.7. The smallest absolute Gasteiger partial charge is 0.143 e. The lowest BCUT2D eigenvalue weighted by atomic mass is 9.81. The monoisotopic (exact) mass is 444 g/mol. The van der Waals surface area contributed by atoms with E-state index in [0.29, 0.717) is 18.4 Å². The molecule has 0 spiro atoms. The van der Waals surface area contributed by atoms with E-state index in [2.05, 4.69) is 12.1 Å². The summed E-state index contributed by atoms with van der Waals surface area (Å²) in [6.45, 7) is 1.38. The summed E-state index contributed by atoms with van der Waals surface area (Å²) >= 11 is 0. The highest BCUT2D eigenvalue weighted by atomic mass is 16.6. The summed E-state index contributed by atoms with van der Waals surface area (Å²) in [6.07, 6.45) is -2.24. The van der Waals surface area contributed by atoms with Crippen molar-refractivity contribution in [3.05, 3.63) is 64.2 Å². The van der Waals surface area contributed by atoms with Gasteiger partial charge in [0, 0.05) is 0 Å². The van der Waals surface area contributed by atoms with Crippen molar-refractivity contribution in [2.24, 2.45) is 0 Å². The number of rotatable bonds is 6. The molecule has 4 atom stereocenters. The first kappa shape index (κ1) is 23.2. The fourth-order valence-corrected chi connectivity index (χ4v) is 4.89. The summed E-state index contributed by atoms with van der Waals surface area (Å²) in [6, 6.07) is 12.0. The topological polar surface area (TPSA) is 120 Å². The minimum absolute atomic E-state index is 0.663. The second-order valence-corrected chi connectivity index (χ2v) is 8.75. The highest BCUT2D eigenvalue weighted by Crippen LogP contribution is 2.40. The minimum Gasteiger partial charge on any atom is -0.493 e. The molecule has 7 heteroatoms. The number of ether oxygens (including phenoxy) is 2. The highest BCUT2D eigenvalue weighted by Gasteiger charge is 2.53. The number of hydrogen-bond donors (Lipinski definition) is 5. The molecule has 5 N–H and O–H groups in total. The van der Waals surface area contributed by atoms with Crippen molar-refractivity contribution in [3.8, 4) is 5.75 Å². The largest absolute Gasteiger partial charge is 0.493 e. The lowest BCUT2D eigenvalue weighted by Gasteiger charge is -2.47. The van der Waals surface area contributed by atoms with Crippen molar-refractivity contribution >= 4 is 0 Å². The Hall–Kier alpha value is -2.00. The van der Waals surface area contributed by atoms with Crippen LogP contribution in [0.15, 0.2) is 36.4 Å². The summed E-state index contributed by atoms with van der Waals surface area (Å²) in [4.78, 5) is 0. The molecule has 2 heterocycles. The molecule has 0 radical (unpaired) electrons. The van der Waals surface area contributed by atoms with Gasteiger partial charge in [-0.15, -0.1) is 0 Å². The summed E-state index contributed by atoms with van der Waals surface area (Å²) < 4.78 is 11.6. The first-order valence-electron chi connectivity index (χ1n) is 11.2. The van der Waals surface area contributed by atoms with Gasteiger partial charge < -0.3 is 35.0 Å². The predicted octanol–water partition coefficient (Wildman–Crippen LogP) is 1.04. The Balaban J connectivity index is 1.68. The van der Waals surface area contributed by atoms with Crippen molar-refractivity contribution in [2.75, 3.05) is 19.8 Å². The molecule has 32 heavy (non-hydrogen) atoms. The van der Waals surface area contributed by atoms with Crippen molar-refractivity contribution < 1.29 is 35.0 Å². The second-order valence-electron chi connectivity index (χ2n) is 8.75. The zero-order valence-corrected chi connectivity index (χ0v) is 18.3. The van der Waals surface area contributed by atoms with Crippen LogP contribution >= 0.6 is 0 Å². The zero-order chi connectivity index (χ0) is 22.9. The Labute approximate surface area is 187 Å². The van der Waals surface area contributed by atoms with Crippen molar-refractivity contribution in [2.45, 2.75) is 62.6 Å². The van der Waals surface area contributed by atoms with Gasteiger partial charge in [-0.05, 0) is 59.6 Å². The molecular weight excluding hydrogens is 412 g/mol. The fourth-order valence-electron chi connectivity index (χ4n) is 4.89. The van der Waals surface area contributed by atoms with Gasteiger partial charge in [0.15, 0.2) is 0 Å². The molecule has 0 unspecified atom stereocenters. The Morgan fingerprint density at radius 1 is 1.03 bits per heavy atom. The molecule has 7 nitrogen and oxygen atoms in total. The number of benzene rings is 2. The molecule has 4 rings (SSSR count). The van der Waals surface area contributed by atoms with Crippen molar-refractivity contribution in [1.29, 1.82) is 0 Å². The van der Waals surface area contributed by atoms with Gasteiger partial charge in [0.05, 0.1) is 19.8 Å². The van der Waals surface area contributed by atoms with Gasteiger partial charge in [-0.2, -0.15) is 0 Å². The normalized spacial score (nSPS) is 26.9. The number of aliphatic hydroxyl groups excluding tert-OH is 5. The maximum absolute atomic E-state index is 10.7. The van der Waals surface area contributed by atoms with Gasteiger partial charge in [0.2, 0.25) is 0 Å². The van der Waals surface area contributed by atoms with Crippen LogP contribution in [0.1, 0.15) is 47.3 Å². The van der Waals surface area contributed by atoms with Crippen LogP contribution in [0.2, 0.25) is 0 Å². The van der Waals surface area contributed by atoms with Gasteiger partial charge in [-0.25, -0.2) is 0 Å². The van der Waals surface area contributed by atoms with Crippen LogP contribution in [-0.2, 0) is 24.0 Å². The lowest BCUT2D eigenvalue weighted by Crippen LogP contribution is -2.65. The van der Waals surface area contributed by atoms with E-state index in [4.69, 9.17) is 9.47 Å². The van der Waals surface area contributed by atoms with Crippen LogP contribution < -0.4 is 4.74 Å². The van der Waals surface area contributed by atoms with Crippen LogP contribution in [0.25, 0.3) is 0 Å². The van der Waals surface area contributed by atoms with Crippen LogP contribution in [0.5, 0.6) is 5.75 Å². The molecule has 2 aromatic carbocycles. The van der Waals surface area contributed by atoms with Gasteiger partial charge >= 0.3 is 0 Å². The zero-order valence-electron chi connectivity index (χ0n) is 18.3. The Morgan fingerprint density at radius 2 is 1.81 bits per heavy atom. The van der Waals surface area contributed by atoms with Gasteiger partial charge in [0.1, 0.15) is 35.8 Å². The third-order valence-corrected chi connectivity index (χ3v) is 6.76. The van der Waals surface area contributed by atoms with Crippen LogP contribution in [0.4, 0.5) is 0 Å². The van der Waals surface area contributed by atoms with E-state index in [1.165, 1.54) is 5.56 Å². The maximum Gasteiger partial charge on any atom is 0.143 e. The summed E-state index contributed by atoms with van der Waals surface area (Å²) in [5.41, 5.74) is 3.32. The highest BCUT2D eigenvalue weighted by molar-refractivity contribution is 5.44. The molecule has 0 bridgehead atoms. The molecule has 0 amide bonds. The van der Waals surface area contributed by atoms with Gasteiger partial charge in [0.25, 0.3) is 0 Å². The average Bonchev–Trinajstić information content (AvgIpc) is 2.83. The molecular formula is C25H32O7. The van der Waals surface area contributed by atoms with Crippen molar-refractivity contribution in [3.63, 3.8) is 0 Å². The molecule has 174 valence electrons. The van der Waals surface area contributed by atoms with Gasteiger partial charge in [-0.1, -0.05) is 37.3 Å². The number of aryl methyl sites for hydroxylation is 1. The molecule has 0 aliphatic carbocycles. The van der Waals surface area contributed by atoms with E-state index in [0.717, 1.165) is 41.9 Å². The van der Waals surface area contributed by atoms with Crippen LogP contribution in [-0.4, -0.2) is 69.3 Å². The molecule has 0 aromatic heterocycles. The molecule has 1 saturated heterocycles. The number of fused-ring (bicyclic) bond motifs is 1. The first-order valence-corrected chi connectivity index (χ1v) is 11.2. The second kappa shape index (κ2) is 9.47. The predicted molar refractivity (Wildman–Crippen MR) is 118 cm³/mol. The van der Waals surface area contributed by atoms with E-state index in [1.54, 1.807) is 0 Å². The molecule has 2 aliphatic rings. The van der Waals surface area contributed by atoms with E-state index in [1.807, 2.05) is 31.2 Å². The third-order valence-electron chi connectivity index (χ3n) is 6.76. The first-order chi connectivity index (χ1) is 15.4. The standard InChI is InChI=1S/C25H32O7/c1-2-18-16(11-15-8-9-20-17(12-15)6-4-10-31-20)5-3-7-19(18)23-21(28)22(29)24(30)25(13-26,14-27)32-23/h3,5,7-9,12,21-24,26-30H,2,4,6,10-11,13-14H2,1H3/t21-,22-,23+,24+/m1/s1. The molecule has 1 fully saturated rings. The van der Waals surface area contributed by atoms with E-state index >= 15 is 0 Å². The quantitative estimate of drug-likeness (QED) is 0.452. The fraction of sp³-hybridized carbons (Fsp3) is 0.520. The Bertz CT molecular complexity index is 940. The van der Waals surface area contributed by atoms with Crippen LogP contribution in [0.3, 0.4) is 0 Å². The van der Waals surface area contributed by atoms with E-state index in [9.17, 15) is 25.5 Å². The number of aliphatic hydroxyl groups is 5.